The van der Waals surface area contributed by atoms with Crippen LogP contribution in [0, 0.1) is 0 Å². The predicted molar refractivity (Wildman–Crippen MR) is 146 cm³/mol. The Bertz CT molecular complexity index is 825. The number of pyridine rings is 1. The second kappa shape index (κ2) is 14.4. The summed E-state index contributed by atoms with van der Waals surface area (Å²) in [6.45, 7) is 11.1. The van der Waals surface area contributed by atoms with Crippen molar-refractivity contribution >= 4 is 5.69 Å². The first-order chi connectivity index (χ1) is 16.7. The predicted octanol–water partition coefficient (Wildman–Crippen LogP) is 4.44. The number of anilines is 1. The zero-order valence-electron chi connectivity index (χ0n) is 22.1. The number of fused-ring (bicyclic) bond motifs is 2. The van der Waals surface area contributed by atoms with Crippen LogP contribution < -0.4 is 15.5 Å². The fourth-order valence-electron chi connectivity index (χ4n) is 5.15. The highest BCUT2D eigenvalue weighted by molar-refractivity contribution is 5.58. The number of rotatable bonds is 4. The summed E-state index contributed by atoms with van der Waals surface area (Å²) in [5.41, 5.74) is 7.38. The molecule has 0 amide bonds. The van der Waals surface area contributed by atoms with Gasteiger partial charge in [0.2, 0.25) is 0 Å². The van der Waals surface area contributed by atoms with Gasteiger partial charge in [-0.15, -0.1) is 0 Å². The Labute approximate surface area is 208 Å². The lowest BCUT2D eigenvalue weighted by atomic mass is 9.96. The number of nitrogens with zero attached hydrogens (tertiary/aromatic N) is 3. The van der Waals surface area contributed by atoms with E-state index in [2.05, 4.69) is 70.6 Å². The highest BCUT2D eigenvalue weighted by Crippen LogP contribution is 2.29. The van der Waals surface area contributed by atoms with Gasteiger partial charge in [0.15, 0.2) is 0 Å². The Hall–Kier alpha value is -1.95. The van der Waals surface area contributed by atoms with Crippen molar-refractivity contribution in [2.75, 3.05) is 51.7 Å². The van der Waals surface area contributed by atoms with Crippen molar-refractivity contribution in [2.24, 2.45) is 0 Å². The molecule has 0 bridgehead atoms. The molecule has 1 fully saturated rings. The summed E-state index contributed by atoms with van der Waals surface area (Å²) in [5, 5.41) is 6.41. The van der Waals surface area contributed by atoms with Crippen LogP contribution in [-0.4, -0.2) is 62.7 Å². The van der Waals surface area contributed by atoms with Gasteiger partial charge in [0, 0.05) is 49.8 Å². The minimum Gasteiger partial charge on any atom is -0.368 e. The first-order valence-electron chi connectivity index (χ1n) is 13.5. The molecule has 2 N–H and O–H groups in total. The van der Waals surface area contributed by atoms with E-state index in [4.69, 9.17) is 0 Å². The molecule has 1 unspecified atom stereocenters. The summed E-state index contributed by atoms with van der Waals surface area (Å²) in [7, 11) is 4.21. The first kappa shape index (κ1) is 26.7. The maximum absolute atomic E-state index is 4.32. The fraction of sp³-hybridized carbons (Fsp3) is 0.621. The van der Waals surface area contributed by atoms with Gasteiger partial charge in [-0.25, -0.2) is 0 Å². The molecule has 0 saturated carbocycles. The van der Waals surface area contributed by atoms with Crippen molar-refractivity contribution < 1.29 is 0 Å². The monoisotopic (exact) mass is 465 g/mol. The van der Waals surface area contributed by atoms with Crippen molar-refractivity contribution in [3.05, 3.63) is 58.9 Å². The Morgan fingerprint density at radius 2 is 1.82 bits per heavy atom. The Kier molecular flexibility index (Phi) is 11.3. The smallest absolute Gasteiger partial charge is 0.0435 e. The third-order valence-electron chi connectivity index (χ3n) is 7.30. The van der Waals surface area contributed by atoms with Crippen LogP contribution in [0.4, 0.5) is 5.69 Å². The van der Waals surface area contributed by atoms with Crippen LogP contribution in [0.5, 0.6) is 0 Å². The summed E-state index contributed by atoms with van der Waals surface area (Å²) in [6.07, 6.45) is 10.8. The normalized spacial score (nSPS) is 19.6. The number of nitrogens with one attached hydrogen (secondary N) is 2. The second-order valence-electron chi connectivity index (χ2n) is 9.73. The van der Waals surface area contributed by atoms with Gasteiger partial charge in [-0.3, -0.25) is 9.88 Å². The van der Waals surface area contributed by atoms with Gasteiger partial charge >= 0.3 is 0 Å². The van der Waals surface area contributed by atoms with Gasteiger partial charge in [-0.05, 0) is 94.5 Å². The molecule has 1 aromatic heterocycles. The van der Waals surface area contributed by atoms with Crippen molar-refractivity contribution in [3.63, 3.8) is 0 Å². The van der Waals surface area contributed by atoms with Crippen LogP contribution in [0.3, 0.4) is 0 Å². The van der Waals surface area contributed by atoms with E-state index in [1.807, 2.05) is 19.3 Å². The van der Waals surface area contributed by atoms with Crippen molar-refractivity contribution in [3.8, 4) is 0 Å². The second-order valence-corrected chi connectivity index (χ2v) is 9.73. The molecule has 1 aromatic carbocycles. The van der Waals surface area contributed by atoms with Crippen LogP contribution in [0.15, 0.2) is 36.5 Å². The van der Waals surface area contributed by atoms with E-state index in [1.165, 1.54) is 87.1 Å². The van der Waals surface area contributed by atoms with Gasteiger partial charge in [0.1, 0.15) is 0 Å². The van der Waals surface area contributed by atoms with Crippen molar-refractivity contribution in [1.29, 1.82) is 0 Å². The van der Waals surface area contributed by atoms with Gasteiger partial charge in [-0.2, -0.15) is 0 Å². The zero-order chi connectivity index (χ0) is 24.2. The molecular weight excluding hydrogens is 418 g/mol. The summed E-state index contributed by atoms with van der Waals surface area (Å²) >= 11 is 0. The number of benzene rings is 1. The summed E-state index contributed by atoms with van der Waals surface area (Å²) in [6, 6.07) is 11.8. The maximum atomic E-state index is 4.32. The Morgan fingerprint density at radius 3 is 2.59 bits per heavy atom. The molecule has 1 aliphatic carbocycles. The maximum Gasteiger partial charge on any atom is 0.0435 e. The standard InChI is InChI=1S/C17H27N3.C9H11N.C3H9N/c1-3-5-15-13-20(11-10-19(15)2)17-7-4-6-14-12-18-9-8-16(14)17;1-2-6-9-8(4-1)5-3-7-10-9;1-3-4-2/h4,6-7,15,18H,3,5,8-13H2,1-2H3;3,5,7H,1-2,4,6H2;4H,3H2,1-2H3. The topological polar surface area (TPSA) is 43.4 Å². The number of aryl methyl sites for hydroxylation is 2. The molecule has 2 aromatic rings. The van der Waals surface area contributed by atoms with E-state index in [-0.39, 0.29) is 0 Å². The summed E-state index contributed by atoms with van der Waals surface area (Å²) in [5.74, 6) is 0. The highest BCUT2D eigenvalue weighted by atomic mass is 15.3. The molecular formula is C29H47N5. The first-order valence-corrected chi connectivity index (χ1v) is 13.5. The summed E-state index contributed by atoms with van der Waals surface area (Å²) in [4.78, 5) is 9.49. The van der Waals surface area contributed by atoms with Gasteiger partial charge in [-0.1, -0.05) is 38.5 Å². The molecule has 1 atom stereocenters. The van der Waals surface area contributed by atoms with E-state index in [1.54, 1.807) is 5.56 Å². The van der Waals surface area contributed by atoms with Crippen LogP contribution in [-0.2, 0) is 25.8 Å². The van der Waals surface area contributed by atoms with Crippen LogP contribution in [0.2, 0.25) is 0 Å². The van der Waals surface area contributed by atoms with Gasteiger partial charge in [0.25, 0.3) is 0 Å². The van der Waals surface area contributed by atoms with Gasteiger partial charge < -0.3 is 15.5 Å². The molecule has 0 spiro atoms. The average Bonchev–Trinajstić information content (AvgIpc) is 2.90. The molecule has 5 nitrogen and oxygen atoms in total. The average molecular weight is 466 g/mol. The van der Waals surface area contributed by atoms with E-state index < -0.39 is 0 Å². The molecule has 1 saturated heterocycles. The van der Waals surface area contributed by atoms with Crippen LogP contribution in [0.25, 0.3) is 0 Å². The molecule has 0 radical (unpaired) electrons. The molecule has 34 heavy (non-hydrogen) atoms. The van der Waals surface area contributed by atoms with Crippen LogP contribution >= 0.6 is 0 Å². The minimum atomic E-state index is 0.714. The van der Waals surface area contributed by atoms with Gasteiger partial charge in [0.05, 0.1) is 0 Å². The van der Waals surface area contributed by atoms with Crippen molar-refractivity contribution in [1.82, 2.24) is 20.5 Å². The zero-order valence-corrected chi connectivity index (χ0v) is 22.1. The van der Waals surface area contributed by atoms with E-state index in [0.717, 1.165) is 19.6 Å². The molecule has 5 heteroatoms. The third-order valence-corrected chi connectivity index (χ3v) is 7.30. The largest absolute Gasteiger partial charge is 0.368 e. The van der Waals surface area contributed by atoms with E-state index >= 15 is 0 Å². The molecule has 3 aliphatic rings. The number of piperazine rings is 1. The van der Waals surface area contributed by atoms with Crippen molar-refractivity contribution in [2.45, 2.75) is 71.4 Å². The Balaban J connectivity index is 0.000000192. The number of likely N-dealkylation sites (N-methyl/N-ethyl adjacent to an activating group) is 1. The number of hydrogen-bond acceptors (Lipinski definition) is 5. The number of hydrogen-bond donors (Lipinski definition) is 2. The lowest BCUT2D eigenvalue weighted by Gasteiger charge is -2.42. The molecule has 3 heterocycles. The Morgan fingerprint density at radius 1 is 1.03 bits per heavy atom. The minimum absolute atomic E-state index is 0.714. The summed E-state index contributed by atoms with van der Waals surface area (Å²) < 4.78 is 0. The quantitative estimate of drug-likeness (QED) is 0.699. The van der Waals surface area contributed by atoms with Crippen LogP contribution in [0.1, 0.15) is 61.9 Å². The van der Waals surface area contributed by atoms with E-state index in [9.17, 15) is 0 Å². The lowest BCUT2D eigenvalue weighted by Crippen LogP contribution is -2.51. The number of aromatic nitrogens is 1. The van der Waals surface area contributed by atoms with E-state index in [0.29, 0.717) is 6.04 Å². The molecule has 5 rings (SSSR count). The SMILES string of the molecule is CCCC1CN(c2cccc3c2CCNC3)CCN1C.CCNC.c1cnc2c(c1)CCCC2. The molecule has 188 valence electrons. The molecule has 2 aliphatic heterocycles. The fourth-order valence-corrected chi connectivity index (χ4v) is 5.15. The highest BCUT2D eigenvalue weighted by Gasteiger charge is 2.26. The third kappa shape index (κ3) is 7.53. The lowest BCUT2D eigenvalue weighted by molar-refractivity contribution is 0.207.